The van der Waals surface area contributed by atoms with Crippen molar-refractivity contribution in [2.75, 3.05) is 40.3 Å². The molecule has 1 aliphatic heterocycles. The van der Waals surface area contributed by atoms with E-state index in [0.717, 1.165) is 40.2 Å². The summed E-state index contributed by atoms with van der Waals surface area (Å²) >= 11 is 0. The van der Waals surface area contributed by atoms with E-state index in [-0.39, 0.29) is 40.2 Å². The Morgan fingerprint density at radius 1 is 0.823 bits per heavy atom. The van der Waals surface area contributed by atoms with E-state index >= 15 is 0 Å². The molecule has 0 aliphatic carbocycles. The number of aryl methyl sites for hydroxylation is 1. The number of nitrogens with one attached hydrogen (secondary N) is 4. The lowest BCUT2D eigenvalue weighted by Gasteiger charge is -2.29. The van der Waals surface area contributed by atoms with Crippen LogP contribution in [0.25, 0.3) is 22.3 Å². The van der Waals surface area contributed by atoms with Crippen molar-refractivity contribution in [1.82, 2.24) is 31.1 Å². The lowest BCUT2D eigenvalue weighted by molar-refractivity contribution is -0.142. The third kappa shape index (κ3) is 11.3. The highest BCUT2D eigenvalue weighted by molar-refractivity contribution is 5.99. The highest BCUT2D eigenvalue weighted by Crippen LogP contribution is 2.38. The minimum absolute atomic E-state index is 0.0584. The van der Waals surface area contributed by atoms with Gasteiger partial charge in [0.2, 0.25) is 29.5 Å². The van der Waals surface area contributed by atoms with Gasteiger partial charge >= 0.3 is 5.97 Å². The Morgan fingerprint density at radius 2 is 1.45 bits per heavy atom. The standard InChI is InChI=1S/C45H50N6O11/c1-4-5-6-26-7-10-28(11-8-26)29-12-14-30(15-13-29)44(60)50(2)35(25-52)42(58)47-22-38(55)46-24-40(57)51(3)41-31-16-18-37(54)33(21-31)32-19-27(9-17-36(32)53)20-34(45(61)62)49-39(56)23-48-43(41)59/h7-19,21,34-35,41,52-54H,4-6,20,22-25H2,1-3H3,(H,46,55)(H,47,58)(H,48,59)(H,49,56)(H,61,62)/t34-,35+,41?/m0/s1. The van der Waals surface area contributed by atoms with Crippen molar-refractivity contribution in [2.24, 2.45) is 0 Å². The molecule has 17 heteroatoms. The number of aromatic hydroxyl groups is 2. The van der Waals surface area contributed by atoms with Crippen molar-refractivity contribution >= 4 is 41.4 Å². The van der Waals surface area contributed by atoms with Gasteiger partial charge in [-0.1, -0.05) is 61.9 Å². The van der Waals surface area contributed by atoms with Crippen LogP contribution >= 0.6 is 0 Å². The second-order valence-corrected chi connectivity index (χ2v) is 14.9. The van der Waals surface area contributed by atoms with Crippen LogP contribution in [0.2, 0.25) is 0 Å². The van der Waals surface area contributed by atoms with Gasteiger partial charge in [0, 0.05) is 37.2 Å². The summed E-state index contributed by atoms with van der Waals surface area (Å²) in [6.07, 6.45) is 3.03. The first kappa shape index (κ1) is 45.8. The molecule has 0 fully saturated rings. The molecule has 4 bridgehead atoms. The van der Waals surface area contributed by atoms with E-state index in [1.165, 1.54) is 56.1 Å². The van der Waals surface area contributed by atoms with Crippen LogP contribution in [-0.2, 0) is 41.6 Å². The molecule has 0 radical (unpaired) electrons. The van der Waals surface area contributed by atoms with E-state index in [0.29, 0.717) is 5.56 Å². The number of benzene rings is 4. The van der Waals surface area contributed by atoms with E-state index < -0.39 is 85.8 Å². The molecule has 8 N–H and O–H groups in total. The fraction of sp³-hybridized carbons (Fsp3) is 0.311. The van der Waals surface area contributed by atoms with E-state index in [9.17, 15) is 54.0 Å². The molecule has 1 unspecified atom stereocenters. The summed E-state index contributed by atoms with van der Waals surface area (Å²) in [4.78, 5) is 93.1. The number of phenolic OH excluding ortho intramolecular Hbond substituents is 2. The van der Waals surface area contributed by atoms with Crippen LogP contribution in [0.1, 0.15) is 52.9 Å². The Morgan fingerprint density at radius 3 is 2.08 bits per heavy atom. The van der Waals surface area contributed by atoms with Gasteiger partial charge in [-0.25, -0.2) is 4.79 Å². The number of likely N-dealkylation sites (N-methyl/N-ethyl adjacent to an activating group) is 2. The molecule has 1 heterocycles. The zero-order valence-corrected chi connectivity index (χ0v) is 34.5. The van der Waals surface area contributed by atoms with E-state index in [2.05, 4.69) is 40.3 Å². The molecule has 0 saturated heterocycles. The van der Waals surface area contributed by atoms with Gasteiger partial charge in [0.1, 0.15) is 29.6 Å². The van der Waals surface area contributed by atoms with Gasteiger partial charge < -0.3 is 51.5 Å². The number of phenols is 2. The van der Waals surface area contributed by atoms with Crippen LogP contribution in [0, 0.1) is 0 Å². The van der Waals surface area contributed by atoms with Crippen LogP contribution in [-0.4, -0.2) is 124 Å². The van der Waals surface area contributed by atoms with Gasteiger partial charge in [-0.3, -0.25) is 28.8 Å². The maximum Gasteiger partial charge on any atom is 0.326 e. The minimum Gasteiger partial charge on any atom is -0.507 e. The number of carboxylic acid groups (broad SMARTS) is 1. The molecule has 0 spiro atoms. The number of unbranched alkanes of at least 4 members (excludes halogenated alkanes) is 1. The number of rotatable bonds is 14. The van der Waals surface area contributed by atoms with Gasteiger partial charge in [-0.05, 0) is 77.1 Å². The summed E-state index contributed by atoms with van der Waals surface area (Å²) in [6, 6.07) is 19.0. The summed E-state index contributed by atoms with van der Waals surface area (Å²) in [6.45, 7) is -0.565. The molecular formula is C45H50N6O11. The molecule has 17 nitrogen and oxygen atoms in total. The average Bonchev–Trinajstić information content (AvgIpc) is 3.26. The van der Waals surface area contributed by atoms with E-state index in [1.807, 2.05) is 12.1 Å². The minimum atomic E-state index is -1.47. The predicted octanol–water partition coefficient (Wildman–Crippen LogP) is 1.88. The van der Waals surface area contributed by atoms with E-state index in [1.54, 1.807) is 24.3 Å². The SMILES string of the molecule is CCCCc1ccc(-c2ccc(C(=O)N(C)[C@H](CO)C(=O)NCC(=O)NCC(=O)N(C)C3C(=O)NCC(=O)N[C@H](C(=O)O)Cc4ccc(O)c(c4)-c4cc3ccc4O)cc2)cc1. The zero-order valence-electron chi connectivity index (χ0n) is 34.5. The van der Waals surface area contributed by atoms with Crippen molar-refractivity contribution < 1.29 is 54.0 Å². The van der Waals surface area contributed by atoms with Gasteiger partial charge in [0.25, 0.3) is 5.91 Å². The van der Waals surface area contributed by atoms with Crippen LogP contribution in [0.15, 0.2) is 84.9 Å². The predicted molar refractivity (Wildman–Crippen MR) is 226 cm³/mol. The maximum absolute atomic E-state index is 13.6. The Hall–Kier alpha value is -7.27. The largest absolute Gasteiger partial charge is 0.507 e. The van der Waals surface area contributed by atoms with Gasteiger partial charge in [-0.15, -0.1) is 0 Å². The fourth-order valence-corrected chi connectivity index (χ4v) is 6.93. The van der Waals surface area contributed by atoms with Crippen molar-refractivity contribution in [3.63, 3.8) is 0 Å². The topological polar surface area (TPSA) is 255 Å². The lowest BCUT2D eigenvalue weighted by atomic mass is 9.94. The third-order valence-corrected chi connectivity index (χ3v) is 10.6. The number of carbonyl (C=O) groups excluding carboxylic acids is 6. The molecule has 4 aromatic carbocycles. The van der Waals surface area contributed by atoms with Crippen LogP contribution < -0.4 is 21.3 Å². The number of hydrogen-bond donors (Lipinski definition) is 8. The summed E-state index contributed by atoms with van der Waals surface area (Å²) < 4.78 is 0. The molecular weight excluding hydrogens is 801 g/mol. The zero-order chi connectivity index (χ0) is 45.1. The number of aliphatic hydroxyl groups excluding tert-OH is 1. The molecule has 62 heavy (non-hydrogen) atoms. The Labute approximate surface area is 357 Å². The Bertz CT molecular complexity index is 2320. The number of aliphatic hydroxyl groups is 1. The van der Waals surface area contributed by atoms with Gasteiger partial charge in [-0.2, -0.15) is 0 Å². The molecule has 0 aromatic heterocycles. The number of nitrogens with zero attached hydrogens (tertiary/aromatic N) is 2. The van der Waals surface area contributed by atoms with Gasteiger partial charge in [0.05, 0.1) is 26.2 Å². The number of hydrogen-bond acceptors (Lipinski definition) is 10. The molecule has 4 aromatic rings. The van der Waals surface area contributed by atoms with E-state index in [4.69, 9.17) is 0 Å². The smallest absolute Gasteiger partial charge is 0.326 e. The van der Waals surface area contributed by atoms with Crippen LogP contribution in [0.4, 0.5) is 0 Å². The van der Waals surface area contributed by atoms with Crippen LogP contribution in [0.5, 0.6) is 11.5 Å². The molecule has 1 aliphatic rings. The highest BCUT2D eigenvalue weighted by atomic mass is 16.4. The number of aliphatic carboxylic acids is 1. The molecule has 3 atom stereocenters. The quantitative estimate of drug-likeness (QED) is 0.0909. The van der Waals surface area contributed by atoms with Crippen molar-refractivity contribution in [1.29, 1.82) is 0 Å². The summed E-state index contributed by atoms with van der Waals surface area (Å²) in [5.74, 6) is -6.63. The van der Waals surface area contributed by atoms with Crippen molar-refractivity contribution in [3.05, 3.63) is 107 Å². The molecule has 0 saturated carbocycles. The average molecular weight is 851 g/mol. The molecule has 6 amide bonds. The maximum atomic E-state index is 13.6. The first-order chi connectivity index (χ1) is 29.6. The highest BCUT2D eigenvalue weighted by Gasteiger charge is 2.32. The number of amides is 6. The van der Waals surface area contributed by atoms with Crippen LogP contribution in [0.3, 0.4) is 0 Å². The lowest BCUT2D eigenvalue weighted by Crippen LogP contribution is -2.52. The van der Waals surface area contributed by atoms with Crippen molar-refractivity contribution in [3.8, 4) is 33.8 Å². The summed E-state index contributed by atoms with van der Waals surface area (Å²) in [5, 5.41) is 50.8. The molecule has 5 rings (SSSR count). The number of carboxylic acids is 1. The normalized spacial score (nSPS) is 15.5. The third-order valence-electron chi connectivity index (χ3n) is 10.6. The first-order valence-corrected chi connectivity index (χ1v) is 19.9. The van der Waals surface area contributed by atoms with Crippen molar-refractivity contribution in [2.45, 2.75) is 50.7 Å². The van der Waals surface area contributed by atoms with Gasteiger partial charge in [0.15, 0.2) is 0 Å². The number of carbonyl (C=O) groups is 7. The summed E-state index contributed by atoms with van der Waals surface area (Å²) in [7, 11) is 2.60. The fourth-order valence-electron chi connectivity index (χ4n) is 6.93. The summed E-state index contributed by atoms with van der Waals surface area (Å²) in [5.41, 5.74) is 4.09. The Balaban J connectivity index is 1.21. The monoisotopic (exact) mass is 850 g/mol. The second kappa shape index (κ2) is 20.8. The molecule has 326 valence electrons. The second-order valence-electron chi connectivity index (χ2n) is 14.9. The number of fused-ring (bicyclic) bond motifs is 5. The Kier molecular flexibility index (Phi) is 15.4. The first-order valence-electron chi connectivity index (χ1n) is 19.9.